The Balaban J connectivity index is 3.73. The van der Waals surface area contributed by atoms with Gasteiger partial charge in [-0.3, -0.25) is 4.84 Å². The van der Waals surface area contributed by atoms with E-state index in [9.17, 15) is 4.79 Å². The van der Waals surface area contributed by atoms with Gasteiger partial charge in [0.2, 0.25) is 0 Å². The molecule has 0 spiro atoms. The summed E-state index contributed by atoms with van der Waals surface area (Å²) >= 11 is 0. The fourth-order valence-electron chi connectivity index (χ4n) is 2.02. The summed E-state index contributed by atoms with van der Waals surface area (Å²) in [5.74, 6) is 0. The van der Waals surface area contributed by atoms with Crippen LogP contribution >= 0.6 is 0 Å². The van der Waals surface area contributed by atoms with Gasteiger partial charge in [-0.05, 0) is 26.7 Å². The van der Waals surface area contributed by atoms with E-state index in [2.05, 4.69) is 33.2 Å². The highest BCUT2D eigenvalue weighted by Gasteiger charge is 2.18. The Kier molecular flexibility index (Phi) is 10.3. The summed E-state index contributed by atoms with van der Waals surface area (Å²) < 4.78 is 0. The molecule has 1 N–H and O–H groups in total. The van der Waals surface area contributed by atoms with Gasteiger partial charge in [0, 0.05) is 5.54 Å². The van der Waals surface area contributed by atoms with Crippen LogP contribution < -0.4 is 5.48 Å². The normalized spacial score (nSPS) is 13.6. The topological polar surface area (TPSA) is 38.3 Å². The number of carbonyl (C=O) groups excluding carboxylic acids is 1. The fraction of sp³-hybridized carbons (Fsp3) is 0.933. The Hall–Kier alpha value is -0.410. The zero-order chi connectivity index (χ0) is 13.9. The van der Waals surface area contributed by atoms with Crippen LogP contribution in [0.1, 0.15) is 79.1 Å². The molecule has 0 aliphatic carbocycles. The monoisotopic (exact) mass is 257 g/mol. The first kappa shape index (κ1) is 17.6. The van der Waals surface area contributed by atoms with Crippen LogP contribution in [0.25, 0.3) is 0 Å². The first-order chi connectivity index (χ1) is 8.55. The largest absolute Gasteiger partial charge is 0.300 e. The van der Waals surface area contributed by atoms with Crippen molar-refractivity contribution in [1.82, 2.24) is 5.48 Å². The van der Waals surface area contributed by atoms with E-state index in [1.165, 1.54) is 25.7 Å². The van der Waals surface area contributed by atoms with Crippen molar-refractivity contribution < 1.29 is 9.63 Å². The average Bonchev–Trinajstić information content (AvgIpc) is 2.32. The third-order valence-corrected chi connectivity index (χ3v) is 3.11. The van der Waals surface area contributed by atoms with Gasteiger partial charge in [0.25, 0.3) is 0 Å². The third-order valence-electron chi connectivity index (χ3n) is 3.11. The maximum absolute atomic E-state index is 10.9. The summed E-state index contributed by atoms with van der Waals surface area (Å²) in [6.07, 6.45) is 9.63. The van der Waals surface area contributed by atoms with Crippen LogP contribution in [0.5, 0.6) is 0 Å². The van der Waals surface area contributed by atoms with Crippen LogP contribution in [0.15, 0.2) is 0 Å². The summed E-state index contributed by atoms with van der Waals surface area (Å²) in [5, 5.41) is 0. The molecule has 0 heterocycles. The minimum Gasteiger partial charge on any atom is -0.300 e. The molecule has 1 unspecified atom stereocenters. The van der Waals surface area contributed by atoms with Gasteiger partial charge in [-0.15, -0.1) is 0 Å². The van der Waals surface area contributed by atoms with E-state index in [1.807, 2.05) is 0 Å². The van der Waals surface area contributed by atoms with Crippen molar-refractivity contribution >= 4 is 6.29 Å². The molecule has 0 aromatic carbocycles. The van der Waals surface area contributed by atoms with Crippen molar-refractivity contribution in [2.24, 2.45) is 0 Å². The molecule has 0 aromatic rings. The second-order valence-electron chi connectivity index (χ2n) is 5.73. The molecule has 0 radical (unpaired) electrons. The molecule has 0 amide bonds. The lowest BCUT2D eigenvalue weighted by molar-refractivity contribution is -0.129. The van der Waals surface area contributed by atoms with Crippen LogP contribution in [0.3, 0.4) is 0 Å². The predicted octanol–water partition coefficient (Wildman–Crippen LogP) is 4.01. The first-order valence-corrected chi connectivity index (χ1v) is 7.43. The number of carbonyl (C=O) groups is 1. The van der Waals surface area contributed by atoms with E-state index in [4.69, 9.17) is 4.84 Å². The lowest BCUT2D eigenvalue weighted by Gasteiger charge is -2.26. The molecule has 0 bridgehead atoms. The first-order valence-electron chi connectivity index (χ1n) is 7.43. The number of hydrogen-bond donors (Lipinski definition) is 1. The molecule has 1 atom stereocenters. The highest BCUT2D eigenvalue weighted by atomic mass is 16.7. The smallest absolute Gasteiger partial charge is 0.150 e. The minimum absolute atomic E-state index is 0.0573. The summed E-state index contributed by atoms with van der Waals surface area (Å²) in [6.45, 7) is 8.55. The minimum atomic E-state index is -0.303. The van der Waals surface area contributed by atoms with Crippen molar-refractivity contribution in [2.45, 2.75) is 90.7 Å². The molecule has 3 nitrogen and oxygen atoms in total. The van der Waals surface area contributed by atoms with Crippen molar-refractivity contribution in [1.29, 1.82) is 0 Å². The van der Waals surface area contributed by atoms with E-state index in [0.717, 1.165) is 32.0 Å². The van der Waals surface area contributed by atoms with Gasteiger partial charge in [-0.2, -0.15) is 5.48 Å². The standard InChI is InChI=1S/C15H31NO2/c1-5-7-8-9-10-11-14(13-17)18-16-15(3,4)12-6-2/h13-14,16H,5-12H2,1-4H3. The number of rotatable bonds is 12. The van der Waals surface area contributed by atoms with Crippen molar-refractivity contribution in [3.05, 3.63) is 0 Å². The maximum Gasteiger partial charge on any atom is 0.150 e. The van der Waals surface area contributed by atoms with Gasteiger partial charge in [-0.1, -0.05) is 52.4 Å². The number of hydroxylamine groups is 1. The molecule has 0 fully saturated rings. The van der Waals surface area contributed by atoms with Crippen molar-refractivity contribution in [3.8, 4) is 0 Å². The highest BCUT2D eigenvalue weighted by Crippen LogP contribution is 2.13. The van der Waals surface area contributed by atoms with Crippen molar-refractivity contribution in [3.63, 3.8) is 0 Å². The summed E-state index contributed by atoms with van der Waals surface area (Å²) in [4.78, 5) is 16.4. The number of unbranched alkanes of at least 4 members (excludes halogenated alkanes) is 4. The predicted molar refractivity (Wildman–Crippen MR) is 76.4 cm³/mol. The molecule has 0 aliphatic rings. The van der Waals surface area contributed by atoms with Gasteiger partial charge < -0.3 is 4.79 Å². The molecular weight excluding hydrogens is 226 g/mol. The Morgan fingerprint density at radius 3 is 2.33 bits per heavy atom. The lowest BCUT2D eigenvalue weighted by atomic mass is 10.0. The number of hydrogen-bond acceptors (Lipinski definition) is 3. The molecule has 3 heteroatoms. The van der Waals surface area contributed by atoms with Gasteiger partial charge in [0.1, 0.15) is 6.10 Å². The Morgan fingerprint density at radius 2 is 1.78 bits per heavy atom. The zero-order valence-electron chi connectivity index (χ0n) is 12.6. The van der Waals surface area contributed by atoms with E-state index < -0.39 is 0 Å². The quantitative estimate of drug-likeness (QED) is 0.326. The van der Waals surface area contributed by atoms with E-state index >= 15 is 0 Å². The van der Waals surface area contributed by atoms with Crippen molar-refractivity contribution in [2.75, 3.05) is 0 Å². The highest BCUT2D eigenvalue weighted by molar-refractivity contribution is 5.55. The molecule has 18 heavy (non-hydrogen) atoms. The number of nitrogens with one attached hydrogen (secondary N) is 1. The SMILES string of the molecule is CCCCCCCC(C=O)ONC(C)(C)CCC. The molecule has 0 saturated carbocycles. The van der Waals surface area contributed by atoms with Gasteiger partial charge >= 0.3 is 0 Å². The Morgan fingerprint density at radius 1 is 1.11 bits per heavy atom. The molecule has 108 valence electrons. The lowest BCUT2D eigenvalue weighted by Crippen LogP contribution is -2.41. The molecular formula is C15H31NO2. The maximum atomic E-state index is 10.9. The van der Waals surface area contributed by atoms with Crippen LogP contribution in [0, 0.1) is 0 Å². The molecule has 0 saturated heterocycles. The summed E-state index contributed by atoms with van der Waals surface area (Å²) in [5.41, 5.74) is 2.97. The van der Waals surface area contributed by atoms with E-state index in [-0.39, 0.29) is 11.6 Å². The van der Waals surface area contributed by atoms with Gasteiger partial charge in [0.05, 0.1) is 0 Å². The van der Waals surface area contributed by atoms with Crippen LogP contribution in [-0.4, -0.2) is 17.9 Å². The number of aldehydes is 1. The second-order valence-corrected chi connectivity index (χ2v) is 5.73. The van der Waals surface area contributed by atoms with Crippen LogP contribution in [-0.2, 0) is 9.63 Å². The van der Waals surface area contributed by atoms with Crippen LogP contribution in [0.2, 0.25) is 0 Å². The fourth-order valence-corrected chi connectivity index (χ4v) is 2.02. The van der Waals surface area contributed by atoms with Gasteiger partial charge in [-0.25, -0.2) is 0 Å². The van der Waals surface area contributed by atoms with E-state index in [1.54, 1.807) is 0 Å². The van der Waals surface area contributed by atoms with Crippen LogP contribution in [0.4, 0.5) is 0 Å². The summed E-state index contributed by atoms with van der Waals surface area (Å²) in [6, 6.07) is 0. The third kappa shape index (κ3) is 9.60. The molecule has 0 aliphatic heterocycles. The Labute approximate surface area is 113 Å². The average molecular weight is 257 g/mol. The zero-order valence-corrected chi connectivity index (χ0v) is 12.6. The van der Waals surface area contributed by atoms with E-state index in [0.29, 0.717) is 0 Å². The Bertz CT molecular complexity index is 205. The second kappa shape index (κ2) is 10.5. The molecule has 0 aromatic heterocycles. The molecule has 0 rings (SSSR count). The summed E-state index contributed by atoms with van der Waals surface area (Å²) in [7, 11) is 0. The van der Waals surface area contributed by atoms with Gasteiger partial charge in [0.15, 0.2) is 6.29 Å².